The van der Waals surface area contributed by atoms with Gasteiger partial charge in [-0.15, -0.1) is 6.42 Å². The summed E-state index contributed by atoms with van der Waals surface area (Å²) >= 11 is 0. The molecule has 0 saturated heterocycles. The van der Waals surface area contributed by atoms with Gasteiger partial charge < -0.3 is 0 Å². The summed E-state index contributed by atoms with van der Waals surface area (Å²) in [5.74, 6) is 3.40. The van der Waals surface area contributed by atoms with E-state index in [0.717, 1.165) is 19.0 Å². The summed E-state index contributed by atoms with van der Waals surface area (Å²) in [6.45, 7) is 6.34. The zero-order valence-corrected chi connectivity index (χ0v) is 7.22. The van der Waals surface area contributed by atoms with Gasteiger partial charge in [-0.2, -0.15) is 0 Å². The Hall–Kier alpha value is -0.480. The van der Waals surface area contributed by atoms with E-state index < -0.39 is 0 Å². The van der Waals surface area contributed by atoms with Gasteiger partial charge in [0.15, 0.2) is 0 Å². The topological polar surface area (TPSA) is 3.24 Å². The second-order valence-corrected chi connectivity index (χ2v) is 3.12. The van der Waals surface area contributed by atoms with Crippen LogP contribution in [0.1, 0.15) is 20.3 Å². The number of hydrogen-bond acceptors (Lipinski definition) is 1. The number of nitrogens with zero attached hydrogens (tertiary/aromatic N) is 1. The molecule has 0 aromatic carbocycles. The number of terminal acetylenes is 1. The van der Waals surface area contributed by atoms with Gasteiger partial charge in [0, 0.05) is 0 Å². The maximum Gasteiger partial charge on any atom is 0.0596 e. The lowest BCUT2D eigenvalue weighted by atomic mass is 10.1. The molecule has 0 aliphatic carbocycles. The first-order chi connectivity index (χ1) is 4.66. The monoisotopic (exact) mass is 139 g/mol. The van der Waals surface area contributed by atoms with Gasteiger partial charge in [-0.3, -0.25) is 4.90 Å². The molecular weight excluding hydrogens is 122 g/mol. The molecule has 0 aliphatic rings. The molecule has 10 heavy (non-hydrogen) atoms. The van der Waals surface area contributed by atoms with Crippen molar-refractivity contribution in [3.05, 3.63) is 0 Å². The van der Waals surface area contributed by atoms with Crippen molar-refractivity contribution in [2.75, 3.05) is 20.1 Å². The van der Waals surface area contributed by atoms with Crippen molar-refractivity contribution < 1.29 is 0 Å². The van der Waals surface area contributed by atoms with E-state index in [1.807, 2.05) is 0 Å². The van der Waals surface area contributed by atoms with Crippen LogP contribution in [0.3, 0.4) is 0 Å². The van der Waals surface area contributed by atoms with Gasteiger partial charge in [0.05, 0.1) is 6.54 Å². The van der Waals surface area contributed by atoms with Crippen LogP contribution >= 0.6 is 0 Å². The zero-order valence-electron chi connectivity index (χ0n) is 7.22. The van der Waals surface area contributed by atoms with Crippen LogP contribution in [-0.2, 0) is 0 Å². The van der Waals surface area contributed by atoms with Crippen LogP contribution in [0.25, 0.3) is 0 Å². The van der Waals surface area contributed by atoms with Crippen molar-refractivity contribution in [1.82, 2.24) is 4.90 Å². The predicted octanol–water partition coefficient (Wildman–Crippen LogP) is 1.60. The minimum atomic E-state index is 0.771. The summed E-state index contributed by atoms with van der Waals surface area (Å²) in [6.07, 6.45) is 6.38. The molecule has 0 radical (unpaired) electrons. The third-order valence-corrected chi connectivity index (χ3v) is 1.45. The van der Waals surface area contributed by atoms with Crippen LogP contribution in [0.4, 0.5) is 0 Å². The Morgan fingerprint density at radius 3 is 2.50 bits per heavy atom. The lowest BCUT2D eigenvalue weighted by Gasteiger charge is -2.13. The van der Waals surface area contributed by atoms with Crippen molar-refractivity contribution >= 4 is 0 Å². The van der Waals surface area contributed by atoms with E-state index in [1.165, 1.54) is 6.42 Å². The molecule has 0 aromatic heterocycles. The minimum Gasteiger partial charge on any atom is -0.295 e. The zero-order chi connectivity index (χ0) is 7.98. The van der Waals surface area contributed by atoms with Crippen LogP contribution in [-0.4, -0.2) is 25.0 Å². The summed E-state index contributed by atoms with van der Waals surface area (Å²) in [5, 5.41) is 0. The molecule has 0 atom stereocenters. The third kappa shape index (κ3) is 5.65. The van der Waals surface area contributed by atoms with Crippen LogP contribution < -0.4 is 0 Å². The van der Waals surface area contributed by atoms with Gasteiger partial charge in [-0.1, -0.05) is 19.8 Å². The Bertz CT molecular complexity index is 110. The Balaban J connectivity index is 3.23. The Kier molecular flexibility index (Phi) is 5.06. The molecule has 0 heterocycles. The van der Waals surface area contributed by atoms with Crippen molar-refractivity contribution in [3.8, 4) is 12.3 Å². The van der Waals surface area contributed by atoms with Crippen molar-refractivity contribution in [2.45, 2.75) is 20.3 Å². The highest BCUT2D eigenvalue weighted by molar-refractivity contribution is 4.86. The molecule has 0 fully saturated rings. The second kappa shape index (κ2) is 5.32. The maximum atomic E-state index is 5.14. The minimum absolute atomic E-state index is 0.771. The number of rotatable bonds is 4. The molecule has 1 heteroatoms. The van der Waals surface area contributed by atoms with Crippen LogP contribution in [0, 0.1) is 18.3 Å². The average molecular weight is 139 g/mol. The van der Waals surface area contributed by atoms with Gasteiger partial charge in [0.25, 0.3) is 0 Å². The molecular formula is C9H17N. The van der Waals surface area contributed by atoms with Crippen molar-refractivity contribution in [1.29, 1.82) is 0 Å². The highest BCUT2D eigenvalue weighted by Crippen LogP contribution is 1.99. The lowest BCUT2D eigenvalue weighted by Crippen LogP contribution is -2.20. The highest BCUT2D eigenvalue weighted by Gasteiger charge is 1.97. The molecule has 0 spiro atoms. The fraction of sp³-hybridized carbons (Fsp3) is 0.778. The Labute approximate surface area is 64.4 Å². The van der Waals surface area contributed by atoms with Crippen LogP contribution in [0.2, 0.25) is 0 Å². The van der Waals surface area contributed by atoms with Gasteiger partial charge in [0.1, 0.15) is 0 Å². The normalized spacial score (nSPS) is 10.4. The van der Waals surface area contributed by atoms with E-state index in [0.29, 0.717) is 0 Å². The Morgan fingerprint density at radius 2 is 2.10 bits per heavy atom. The highest BCUT2D eigenvalue weighted by atomic mass is 15.1. The molecule has 0 aliphatic heterocycles. The standard InChI is InChI=1S/C9H17N/c1-5-7-10(4)8-6-9(2)3/h1,9H,6-8H2,2-4H3. The molecule has 0 unspecified atom stereocenters. The second-order valence-electron chi connectivity index (χ2n) is 3.12. The molecule has 0 saturated carbocycles. The SMILES string of the molecule is C#CCN(C)CCC(C)C. The molecule has 0 rings (SSSR count). The fourth-order valence-corrected chi connectivity index (χ4v) is 0.713. The summed E-state index contributed by atoms with van der Waals surface area (Å²) in [7, 11) is 2.06. The van der Waals surface area contributed by atoms with Gasteiger partial charge in [0.2, 0.25) is 0 Å². The van der Waals surface area contributed by atoms with E-state index in [9.17, 15) is 0 Å². The lowest BCUT2D eigenvalue weighted by molar-refractivity contribution is 0.344. The largest absolute Gasteiger partial charge is 0.295 e. The molecule has 0 aromatic rings. The third-order valence-electron chi connectivity index (χ3n) is 1.45. The summed E-state index contributed by atoms with van der Waals surface area (Å²) in [4.78, 5) is 2.17. The number of hydrogen-bond donors (Lipinski definition) is 0. The molecule has 58 valence electrons. The summed E-state index contributed by atoms with van der Waals surface area (Å²) in [5.41, 5.74) is 0. The average Bonchev–Trinajstić information content (AvgIpc) is 1.85. The van der Waals surface area contributed by atoms with Crippen molar-refractivity contribution in [3.63, 3.8) is 0 Å². The van der Waals surface area contributed by atoms with Crippen LogP contribution in [0.5, 0.6) is 0 Å². The molecule has 1 nitrogen and oxygen atoms in total. The molecule has 0 bridgehead atoms. The van der Waals surface area contributed by atoms with Gasteiger partial charge in [-0.25, -0.2) is 0 Å². The van der Waals surface area contributed by atoms with Crippen molar-refractivity contribution in [2.24, 2.45) is 5.92 Å². The van der Waals surface area contributed by atoms with Gasteiger partial charge >= 0.3 is 0 Å². The maximum absolute atomic E-state index is 5.14. The Morgan fingerprint density at radius 1 is 1.50 bits per heavy atom. The van der Waals surface area contributed by atoms with E-state index >= 15 is 0 Å². The van der Waals surface area contributed by atoms with E-state index in [1.54, 1.807) is 0 Å². The summed E-state index contributed by atoms with van der Waals surface area (Å²) < 4.78 is 0. The van der Waals surface area contributed by atoms with E-state index in [2.05, 4.69) is 31.7 Å². The van der Waals surface area contributed by atoms with E-state index in [4.69, 9.17) is 6.42 Å². The van der Waals surface area contributed by atoms with Crippen LogP contribution in [0.15, 0.2) is 0 Å². The predicted molar refractivity (Wildman–Crippen MR) is 45.8 cm³/mol. The fourth-order valence-electron chi connectivity index (χ4n) is 0.713. The first-order valence-corrected chi connectivity index (χ1v) is 3.78. The molecule has 0 N–H and O–H groups in total. The van der Waals surface area contributed by atoms with E-state index in [-0.39, 0.29) is 0 Å². The smallest absolute Gasteiger partial charge is 0.0596 e. The molecule has 0 amide bonds. The summed E-state index contributed by atoms with van der Waals surface area (Å²) in [6, 6.07) is 0. The van der Waals surface area contributed by atoms with Gasteiger partial charge in [-0.05, 0) is 25.9 Å². The first-order valence-electron chi connectivity index (χ1n) is 3.78. The first kappa shape index (κ1) is 9.52. The quantitative estimate of drug-likeness (QED) is 0.535.